The molecule has 1 heterocycles. The van der Waals surface area contributed by atoms with Gasteiger partial charge >= 0.3 is 0 Å². The van der Waals surface area contributed by atoms with E-state index in [1.54, 1.807) is 11.3 Å². The van der Waals surface area contributed by atoms with Crippen molar-refractivity contribution < 1.29 is 4.79 Å². The standard InChI is InChI=1S/C12H18BrNOS/c1-8(2)10(13)11(15)14-12(3,4)9-6-5-7-16-9/h5-8,10H,1-4H3,(H,14,15). The van der Waals surface area contributed by atoms with E-state index in [1.165, 1.54) is 4.88 Å². The van der Waals surface area contributed by atoms with Gasteiger partial charge in [0.25, 0.3) is 0 Å². The molecule has 0 aliphatic carbocycles. The van der Waals surface area contributed by atoms with Gasteiger partial charge in [0.2, 0.25) is 5.91 Å². The molecule has 1 N–H and O–H groups in total. The molecular formula is C12H18BrNOS. The molecule has 0 fully saturated rings. The quantitative estimate of drug-likeness (QED) is 0.847. The predicted molar refractivity (Wildman–Crippen MR) is 73.0 cm³/mol. The van der Waals surface area contributed by atoms with Gasteiger partial charge in [-0.3, -0.25) is 4.79 Å². The van der Waals surface area contributed by atoms with E-state index in [9.17, 15) is 4.79 Å². The third-order valence-corrected chi connectivity index (χ3v) is 5.08. The van der Waals surface area contributed by atoms with Crippen molar-refractivity contribution in [1.29, 1.82) is 0 Å². The molecule has 2 nitrogen and oxygen atoms in total. The first-order valence-corrected chi connectivity index (χ1v) is 7.14. The number of rotatable bonds is 4. The maximum Gasteiger partial charge on any atom is 0.234 e. The van der Waals surface area contributed by atoms with Gasteiger partial charge in [-0.2, -0.15) is 0 Å². The van der Waals surface area contributed by atoms with Crippen molar-refractivity contribution >= 4 is 33.2 Å². The van der Waals surface area contributed by atoms with Gasteiger partial charge in [0.15, 0.2) is 0 Å². The highest BCUT2D eigenvalue weighted by Gasteiger charge is 2.27. The summed E-state index contributed by atoms with van der Waals surface area (Å²) >= 11 is 5.08. The van der Waals surface area contributed by atoms with E-state index in [0.717, 1.165) is 0 Å². The van der Waals surface area contributed by atoms with E-state index in [0.29, 0.717) is 5.92 Å². The molecule has 0 saturated carbocycles. The third-order valence-electron chi connectivity index (χ3n) is 2.41. The maximum atomic E-state index is 11.9. The zero-order valence-corrected chi connectivity index (χ0v) is 12.5. The Morgan fingerprint density at radius 2 is 2.12 bits per heavy atom. The highest BCUT2D eigenvalue weighted by Crippen LogP contribution is 2.25. The van der Waals surface area contributed by atoms with Gasteiger partial charge in [-0.25, -0.2) is 0 Å². The highest BCUT2D eigenvalue weighted by molar-refractivity contribution is 9.10. The number of carbonyl (C=O) groups is 1. The Kier molecular flexibility index (Phi) is 4.56. The Labute approximate surface area is 110 Å². The number of thiophene rings is 1. The minimum absolute atomic E-state index is 0.0494. The Bertz CT molecular complexity index is 346. The Morgan fingerprint density at radius 3 is 2.56 bits per heavy atom. The molecule has 0 bridgehead atoms. The first-order valence-electron chi connectivity index (χ1n) is 5.34. The summed E-state index contributed by atoms with van der Waals surface area (Å²) < 4.78 is 0. The number of halogens is 1. The molecule has 90 valence electrons. The Morgan fingerprint density at radius 1 is 1.50 bits per heavy atom. The molecule has 0 aromatic carbocycles. The largest absolute Gasteiger partial charge is 0.345 e. The van der Waals surface area contributed by atoms with Crippen molar-refractivity contribution in [2.45, 2.75) is 38.1 Å². The Balaban J connectivity index is 2.70. The van der Waals surface area contributed by atoms with E-state index >= 15 is 0 Å². The predicted octanol–water partition coefficient (Wildman–Crippen LogP) is 3.52. The summed E-state index contributed by atoms with van der Waals surface area (Å²) in [7, 11) is 0. The summed E-state index contributed by atoms with van der Waals surface area (Å²) in [6.45, 7) is 8.10. The summed E-state index contributed by atoms with van der Waals surface area (Å²) in [5, 5.41) is 5.09. The molecule has 1 atom stereocenters. The fourth-order valence-electron chi connectivity index (χ4n) is 1.38. The molecule has 4 heteroatoms. The lowest BCUT2D eigenvalue weighted by Gasteiger charge is -2.27. The minimum Gasteiger partial charge on any atom is -0.345 e. The topological polar surface area (TPSA) is 29.1 Å². The van der Waals surface area contributed by atoms with Crippen LogP contribution in [0.15, 0.2) is 17.5 Å². The van der Waals surface area contributed by atoms with Crippen LogP contribution in [0.2, 0.25) is 0 Å². The van der Waals surface area contributed by atoms with Gasteiger partial charge in [0.1, 0.15) is 0 Å². The lowest BCUT2D eigenvalue weighted by Crippen LogP contribution is -2.45. The zero-order valence-electron chi connectivity index (χ0n) is 10.1. The number of hydrogen-bond donors (Lipinski definition) is 1. The lowest BCUT2D eigenvalue weighted by atomic mass is 10.0. The van der Waals surface area contributed by atoms with Gasteiger partial charge in [0, 0.05) is 4.88 Å². The van der Waals surface area contributed by atoms with Crippen LogP contribution in [-0.2, 0) is 10.3 Å². The van der Waals surface area contributed by atoms with Gasteiger partial charge in [-0.1, -0.05) is 35.8 Å². The van der Waals surface area contributed by atoms with E-state index in [2.05, 4.69) is 21.2 Å². The molecule has 1 aromatic heterocycles. The third kappa shape index (κ3) is 3.32. The molecule has 0 aliphatic heterocycles. The van der Waals surface area contributed by atoms with Crippen molar-refractivity contribution in [1.82, 2.24) is 5.32 Å². The molecule has 1 unspecified atom stereocenters. The van der Waals surface area contributed by atoms with Crippen molar-refractivity contribution in [3.05, 3.63) is 22.4 Å². The molecular weight excluding hydrogens is 286 g/mol. The monoisotopic (exact) mass is 303 g/mol. The number of hydrogen-bond acceptors (Lipinski definition) is 2. The molecule has 0 spiro atoms. The fourth-order valence-corrected chi connectivity index (χ4v) is 2.30. The molecule has 0 saturated heterocycles. The Hall–Kier alpha value is -0.350. The molecule has 0 radical (unpaired) electrons. The van der Waals surface area contributed by atoms with Gasteiger partial charge in [0.05, 0.1) is 10.4 Å². The smallest absolute Gasteiger partial charge is 0.234 e. The van der Waals surface area contributed by atoms with Gasteiger partial charge in [-0.15, -0.1) is 11.3 Å². The summed E-state index contributed by atoms with van der Waals surface area (Å²) in [5.41, 5.74) is -0.299. The second-order valence-electron chi connectivity index (χ2n) is 4.74. The molecule has 0 aliphatic rings. The van der Waals surface area contributed by atoms with Crippen molar-refractivity contribution in [3.63, 3.8) is 0 Å². The molecule has 1 rings (SSSR count). The van der Waals surface area contributed by atoms with Crippen molar-refractivity contribution in [2.24, 2.45) is 5.92 Å². The summed E-state index contributed by atoms with van der Waals surface area (Å²) in [6, 6.07) is 4.05. The van der Waals surface area contributed by atoms with Crippen LogP contribution in [0.3, 0.4) is 0 Å². The van der Waals surface area contributed by atoms with Crippen LogP contribution in [0.5, 0.6) is 0 Å². The summed E-state index contributed by atoms with van der Waals surface area (Å²) in [5.74, 6) is 0.340. The summed E-state index contributed by atoms with van der Waals surface area (Å²) in [4.78, 5) is 13.0. The summed E-state index contributed by atoms with van der Waals surface area (Å²) in [6.07, 6.45) is 0. The normalized spacial score (nSPS) is 13.9. The van der Waals surface area contributed by atoms with Crippen LogP contribution in [0.4, 0.5) is 0 Å². The SMILES string of the molecule is CC(C)C(Br)C(=O)NC(C)(C)c1cccs1. The van der Waals surface area contributed by atoms with Crippen LogP contribution in [0.25, 0.3) is 0 Å². The highest BCUT2D eigenvalue weighted by atomic mass is 79.9. The van der Waals surface area contributed by atoms with Gasteiger partial charge in [-0.05, 0) is 31.2 Å². The first kappa shape index (κ1) is 13.7. The van der Waals surface area contributed by atoms with E-state index in [1.807, 2.05) is 45.2 Å². The zero-order chi connectivity index (χ0) is 12.3. The number of alkyl halides is 1. The van der Waals surface area contributed by atoms with Gasteiger partial charge < -0.3 is 5.32 Å². The van der Waals surface area contributed by atoms with Crippen molar-refractivity contribution in [3.8, 4) is 0 Å². The van der Waals surface area contributed by atoms with Crippen LogP contribution in [0.1, 0.15) is 32.6 Å². The molecule has 1 aromatic rings. The number of nitrogens with one attached hydrogen (secondary N) is 1. The van der Waals surface area contributed by atoms with Crippen molar-refractivity contribution in [2.75, 3.05) is 0 Å². The van der Waals surface area contributed by atoms with Crippen LogP contribution in [-0.4, -0.2) is 10.7 Å². The average Bonchev–Trinajstić information content (AvgIpc) is 2.68. The van der Waals surface area contributed by atoms with E-state index in [4.69, 9.17) is 0 Å². The van der Waals surface area contributed by atoms with Crippen LogP contribution < -0.4 is 5.32 Å². The number of amides is 1. The average molecular weight is 304 g/mol. The van der Waals surface area contributed by atoms with E-state index < -0.39 is 0 Å². The second-order valence-corrected chi connectivity index (χ2v) is 6.67. The van der Waals surface area contributed by atoms with E-state index in [-0.39, 0.29) is 16.3 Å². The molecule has 1 amide bonds. The number of carbonyl (C=O) groups excluding carboxylic acids is 1. The first-order chi connectivity index (χ1) is 7.34. The maximum absolute atomic E-state index is 11.9. The fraction of sp³-hybridized carbons (Fsp3) is 0.583. The molecule has 16 heavy (non-hydrogen) atoms. The minimum atomic E-state index is -0.299. The lowest BCUT2D eigenvalue weighted by molar-refractivity contribution is -0.122. The second kappa shape index (κ2) is 5.32. The van der Waals surface area contributed by atoms with Crippen LogP contribution in [0, 0.1) is 5.92 Å². The van der Waals surface area contributed by atoms with Crippen LogP contribution >= 0.6 is 27.3 Å².